The normalized spacial score (nSPS) is 22.3. The quantitative estimate of drug-likeness (QED) is 0.681. The number of halogens is 1. The van der Waals surface area contributed by atoms with Crippen molar-refractivity contribution in [2.45, 2.75) is 63.6 Å². The molecule has 0 radical (unpaired) electrons. The lowest BCUT2D eigenvalue weighted by molar-refractivity contribution is 0.00605. The van der Waals surface area contributed by atoms with Crippen LogP contribution >= 0.6 is 0 Å². The van der Waals surface area contributed by atoms with E-state index in [0.29, 0.717) is 18.2 Å². The predicted molar refractivity (Wildman–Crippen MR) is 123 cm³/mol. The Morgan fingerprint density at radius 1 is 1.22 bits per heavy atom. The van der Waals surface area contributed by atoms with Gasteiger partial charge in [-0.15, -0.1) is 0 Å². The second-order valence-corrected chi connectivity index (χ2v) is 11.0. The Hall–Kier alpha value is -1.97. The van der Waals surface area contributed by atoms with Crippen LogP contribution in [0.2, 0.25) is 0 Å². The van der Waals surface area contributed by atoms with E-state index in [-0.39, 0.29) is 24.0 Å². The van der Waals surface area contributed by atoms with Crippen molar-refractivity contribution < 1.29 is 17.5 Å². The number of piperidine rings is 1. The molecule has 1 fully saturated rings. The van der Waals surface area contributed by atoms with Gasteiger partial charge in [0.2, 0.25) is 10.0 Å². The number of aryl methyl sites for hydroxylation is 1. The maximum Gasteiger partial charge on any atom is 0.209 e. The molecule has 0 amide bonds. The topological polar surface area (TPSA) is 76.5 Å². The van der Waals surface area contributed by atoms with Gasteiger partial charge in [-0.25, -0.2) is 17.5 Å². The fourth-order valence-corrected chi connectivity index (χ4v) is 5.51. The third kappa shape index (κ3) is 5.32. The molecule has 0 bridgehead atoms. The molecule has 7 nitrogen and oxygen atoms in total. The van der Waals surface area contributed by atoms with Crippen LogP contribution in [0.5, 0.6) is 0 Å². The van der Waals surface area contributed by atoms with Crippen LogP contribution in [0.1, 0.15) is 56.5 Å². The summed E-state index contributed by atoms with van der Waals surface area (Å²) < 4.78 is 49.1. The summed E-state index contributed by atoms with van der Waals surface area (Å²) in [6.07, 6.45) is 4.35. The molecule has 0 spiro atoms. The molecule has 3 heterocycles. The molecule has 1 saturated heterocycles. The minimum Gasteiger partial charge on any atom is -0.376 e. The van der Waals surface area contributed by atoms with Crippen molar-refractivity contribution in [2.75, 3.05) is 30.9 Å². The molecule has 32 heavy (non-hydrogen) atoms. The highest BCUT2D eigenvalue weighted by Crippen LogP contribution is 2.30. The van der Waals surface area contributed by atoms with Gasteiger partial charge in [0.25, 0.3) is 0 Å². The molecule has 1 aromatic carbocycles. The van der Waals surface area contributed by atoms with E-state index in [9.17, 15) is 12.8 Å². The maximum atomic E-state index is 14.1. The zero-order chi connectivity index (χ0) is 22.9. The third-order valence-corrected chi connectivity index (χ3v) is 7.15. The van der Waals surface area contributed by atoms with Crippen LogP contribution in [0.25, 0.3) is 0 Å². The first-order valence-corrected chi connectivity index (χ1v) is 13.3. The SMILES string of the molecule is CC(C)c1cc2n(n1)C(COC1CCN(c3ccccc3F)CC1)C(NS(C)(=O)=O)CC2. The lowest BCUT2D eigenvalue weighted by Crippen LogP contribution is -2.47. The number of benzene rings is 1. The van der Waals surface area contributed by atoms with Crippen molar-refractivity contribution in [2.24, 2.45) is 0 Å². The van der Waals surface area contributed by atoms with Gasteiger partial charge in [0, 0.05) is 24.8 Å². The number of aromatic nitrogens is 2. The molecule has 4 rings (SSSR count). The van der Waals surface area contributed by atoms with E-state index in [4.69, 9.17) is 9.84 Å². The summed E-state index contributed by atoms with van der Waals surface area (Å²) in [4.78, 5) is 2.06. The summed E-state index contributed by atoms with van der Waals surface area (Å²) in [5.41, 5.74) is 2.78. The van der Waals surface area contributed by atoms with Crippen LogP contribution in [0.15, 0.2) is 30.3 Å². The van der Waals surface area contributed by atoms with Gasteiger partial charge >= 0.3 is 0 Å². The number of nitrogens with zero attached hydrogens (tertiary/aromatic N) is 3. The first kappa shape index (κ1) is 23.2. The summed E-state index contributed by atoms with van der Waals surface area (Å²) in [7, 11) is -3.34. The maximum absolute atomic E-state index is 14.1. The van der Waals surface area contributed by atoms with Gasteiger partial charge in [-0.2, -0.15) is 5.10 Å². The zero-order valence-corrected chi connectivity index (χ0v) is 19.8. The molecular formula is C23H33FN4O3S. The van der Waals surface area contributed by atoms with Crippen LogP contribution in [0.4, 0.5) is 10.1 Å². The highest BCUT2D eigenvalue weighted by Gasteiger charge is 2.34. The van der Waals surface area contributed by atoms with Crippen molar-refractivity contribution in [1.29, 1.82) is 0 Å². The van der Waals surface area contributed by atoms with Gasteiger partial charge in [-0.05, 0) is 49.8 Å². The number of hydrogen-bond donors (Lipinski definition) is 1. The van der Waals surface area contributed by atoms with Crippen molar-refractivity contribution in [3.05, 3.63) is 47.5 Å². The average Bonchev–Trinajstić information content (AvgIpc) is 3.18. The number of hydrogen-bond acceptors (Lipinski definition) is 5. The molecule has 1 N–H and O–H groups in total. The molecule has 0 aliphatic carbocycles. The van der Waals surface area contributed by atoms with E-state index in [2.05, 4.69) is 29.5 Å². The van der Waals surface area contributed by atoms with Crippen molar-refractivity contribution in [3.63, 3.8) is 0 Å². The molecule has 2 aliphatic heterocycles. The fourth-order valence-electron chi connectivity index (χ4n) is 4.68. The van der Waals surface area contributed by atoms with E-state index in [0.717, 1.165) is 50.2 Å². The Balaban J connectivity index is 1.43. The lowest BCUT2D eigenvalue weighted by Gasteiger charge is -2.36. The Bertz CT molecular complexity index is 1030. The van der Waals surface area contributed by atoms with Gasteiger partial charge in [-0.1, -0.05) is 26.0 Å². The number of fused-ring (bicyclic) bond motifs is 1. The summed E-state index contributed by atoms with van der Waals surface area (Å²) >= 11 is 0. The average molecular weight is 465 g/mol. The lowest BCUT2D eigenvalue weighted by atomic mass is 9.98. The van der Waals surface area contributed by atoms with Gasteiger partial charge < -0.3 is 9.64 Å². The minimum atomic E-state index is -3.34. The number of ether oxygens (including phenoxy) is 1. The smallest absolute Gasteiger partial charge is 0.209 e. The summed E-state index contributed by atoms with van der Waals surface area (Å²) in [6, 6.07) is 8.54. The standard InChI is InChI=1S/C23H33FN4O3S/c1-16(2)21-14-17-8-9-20(26-32(3,29)30)23(28(17)25-21)15-31-18-10-12-27(13-11-18)22-7-5-4-6-19(22)24/h4-7,14,16,18,20,23,26H,8-13,15H2,1-3H3. The Labute approximate surface area is 190 Å². The Morgan fingerprint density at radius 3 is 2.59 bits per heavy atom. The molecule has 2 aliphatic rings. The molecule has 2 aromatic rings. The van der Waals surface area contributed by atoms with Crippen molar-refractivity contribution in [3.8, 4) is 0 Å². The summed E-state index contributed by atoms with van der Waals surface area (Å²) in [5.74, 6) is 0.106. The van der Waals surface area contributed by atoms with Gasteiger partial charge in [0.1, 0.15) is 5.82 Å². The Morgan fingerprint density at radius 2 is 1.94 bits per heavy atom. The molecule has 9 heteroatoms. The van der Waals surface area contributed by atoms with Gasteiger partial charge in [0.05, 0.1) is 36.4 Å². The minimum absolute atomic E-state index is 0.0578. The van der Waals surface area contributed by atoms with Crippen molar-refractivity contribution >= 4 is 15.7 Å². The number of sulfonamides is 1. The predicted octanol–water partition coefficient (Wildman–Crippen LogP) is 3.24. The first-order chi connectivity index (χ1) is 15.2. The van der Waals surface area contributed by atoms with Crippen LogP contribution < -0.4 is 9.62 Å². The van der Waals surface area contributed by atoms with E-state index in [1.807, 2.05) is 16.8 Å². The van der Waals surface area contributed by atoms with E-state index in [1.165, 1.54) is 12.3 Å². The summed E-state index contributed by atoms with van der Waals surface area (Å²) in [6.45, 7) is 6.06. The largest absolute Gasteiger partial charge is 0.376 e. The van der Waals surface area contributed by atoms with Crippen LogP contribution in [-0.2, 0) is 21.2 Å². The van der Waals surface area contributed by atoms with E-state index < -0.39 is 10.0 Å². The summed E-state index contributed by atoms with van der Waals surface area (Å²) in [5, 5.41) is 4.79. The molecule has 2 atom stereocenters. The van der Waals surface area contributed by atoms with Gasteiger partial charge in [-0.3, -0.25) is 4.68 Å². The molecule has 2 unspecified atom stereocenters. The Kier molecular flexibility index (Phi) is 6.88. The first-order valence-electron chi connectivity index (χ1n) is 11.4. The zero-order valence-electron chi connectivity index (χ0n) is 19.0. The molecule has 1 aromatic heterocycles. The highest BCUT2D eigenvalue weighted by atomic mass is 32.2. The monoisotopic (exact) mass is 464 g/mol. The van der Waals surface area contributed by atoms with Crippen LogP contribution in [-0.4, -0.2) is 56.3 Å². The van der Waals surface area contributed by atoms with Gasteiger partial charge in [0.15, 0.2) is 0 Å². The second kappa shape index (κ2) is 9.49. The van der Waals surface area contributed by atoms with E-state index >= 15 is 0 Å². The molecule has 0 saturated carbocycles. The fraction of sp³-hybridized carbons (Fsp3) is 0.609. The second-order valence-electron chi connectivity index (χ2n) is 9.23. The molecular weight excluding hydrogens is 431 g/mol. The number of rotatable bonds is 7. The molecule has 176 valence electrons. The van der Waals surface area contributed by atoms with Crippen LogP contribution in [0, 0.1) is 5.82 Å². The third-order valence-electron chi connectivity index (χ3n) is 6.42. The highest BCUT2D eigenvalue weighted by molar-refractivity contribution is 7.88. The number of nitrogens with one attached hydrogen (secondary N) is 1. The van der Waals surface area contributed by atoms with E-state index in [1.54, 1.807) is 6.07 Å². The number of anilines is 1. The van der Waals surface area contributed by atoms with Crippen LogP contribution in [0.3, 0.4) is 0 Å². The van der Waals surface area contributed by atoms with Crippen molar-refractivity contribution in [1.82, 2.24) is 14.5 Å². The number of para-hydroxylation sites is 1.